The molecule has 6 aromatic carbocycles. The van der Waals surface area contributed by atoms with Crippen LogP contribution in [0, 0.1) is 0 Å². The second-order valence-corrected chi connectivity index (χ2v) is 9.38. The number of benzene rings is 6. The molecule has 7 aromatic rings. The molecule has 180 valence electrons. The van der Waals surface area contributed by atoms with E-state index in [1.54, 1.807) is 0 Å². The number of anilines is 3. The van der Waals surface area contributed by atoms with Crippen LogP contribution in [0.25, 0.3) is 44.2 Å². The van der Waals surface area contributed by atoms with Gasteiger partial charge in [0.05, 0.1) is 5.69 Å². The summed E-state index contributed by atoms with van der Waals surface area (Å²) < 4.78 is 6.35. The molecule has 0 aliphatic carbocycles. The summed E-state index contributed by atoms with van der Waals surface area (Å²) in [6, 6.07) is 53.1. The van der Waals surface area contributed by atoms with Crippen molar-refractivity contribution in [1.29, 1.82) is 0 Å². The highest BCUT2D eigenvalue weighted by atomic mass is 16.3. The monoisotopic (exact) mass is 487 g/mol. The minimum Gasteiger partial charge on any atom is -0.455 e. The first-order valence-corrected chi connectivity index (χ1v) is 12.9. The van der Waals surface area contributed by atoms with Crippen LogP contribution in [0.2, 0.25) is 0 Å². The zero-order valence-electron chi connectivity index (χ0n) is 20.8. The van der Waals surface area contributed by atoms with Crippen LogP contribution in [-0.2, 0) is 0 Å². The summed E-state index contributed by atoms with van der Waals surface area (Å²) in [6.45, 7) is 0. The smallest absolute Gasteiger partial charge is 0.143 e. The van der Waals surface area contributed by atoms with E-state index < -0.39 is 0 Å². The molecule has 0 aliphatic heterocycles. The highest BCUT2D eigenvalue weighted by molar-refractivity contribution is 6.09. The third-order valence-electron chi connectivity index (χ3n) is 7.06. The van der Waals surface area contributed by atoms with Gasteiger partial charge in [0.2, 0.25) is 0 Å². The molecule has 0 aliphatic rings. The van der Waals surface area contributed by atoms with Crippen molar-refractivity contribution in [3.05, 3.63) is 152 Å². The molecule has 0 saturated heterocycles. The standard InChI is InChI=1S/C36H25NO/c1-3-15-28(16-4-1)37(29-17-5-2-6-18-29)34-23-9-7-19-30(34)26-13-11-14-27(25-26)31-21-12-22-33-32-20-8-10-24-35(32)38-36(31)33/h1-25H. The lowest BCUT2D eigenvalue weighted by molar-refractivity contribution is 0.670. The van der Waals surface area contributed by atoms with E-state index in [4.69, 9.17) is 4.42 Å². The van der Waals surface area contributed by atoms with Crippen LogP contribution >= 0.6 is 0 Å². The fourth-order valence-corrected chi connectivity index (χ4v) is 5.32. The molecule has 0 unspecified atom stereocenters. The average Bonchev–Trinajstić information content (AvgIpc) is 3.38. The molecular weight excluding hydrogens is 462 g/mol. The van der Waals surface area contributed by atoms with E-state index in [1.807, 2.05) is 12.1 Å². The van der Waals surface area contributed by atoms with E-state index in [0.717, 1.165) is 55.7 Å². The van der Waals surface area contributed by atoms with Gasteiger partial charge in [-0.2, -0.15) is 0 Å². The average molecular weight is 488 g/mol. The van der Waals surface area contributed by atoms with Gasteiger partial charge in [-0.3, -0.25) is 0 Å². The van der Waals surface area contributed by atoms with Crippen LogP contribution in [0.15, 0.2) is 156 Å². The van der Waals surface area contributed by atoms with Crippen molar-refractivity contribution in [3.8, 4) is 22.3 Å². The largest absolute Gasteiger partial charge is 0.455 e. The maximum Gasteiger partial charge on any atom is 0.143 e. The summed E-state index contributed by atoms with van der Waals surface area (Å²) in [4.78, 5) is 2.32. The van der Waals surface area contributed by atoms with Crippen LogP contribution in [0.3, 0.4) is 0 Å². The summed E-state index contributed by atoms with van der Waals surface area (Å²) in [7, 11) is 0. The topological polar surface area (TPSA) is 16.4 Å². The van der Waals surface area contributed by atoms with Crippen molar-refractivity contribution in [2.24, 2.45) is 0 Å². The molecule has 0 bridgehead atoms. The van der Waals surface area contributed by atoms with Crippen molar-refractivity contribution in [2.75, 3.05) is 4.90 Å². The number of rotatable bonds is 5. The fourth-order valence-electron chi connectivity index (χ4n) is 5.32. The van der Waals surface area contributed by atoms with Crippen molar-refractivity contribution >= 4 is 39.0 Å². The number of para-hydroxylation sites is 5. The van der Waals surface area contributed by atoms with Crippen LogP contribution in [0.5, 0.6) is 0 Å². The van der Waals surface area contributed by atoms with Gasteiger partial charge in [0, 0.05) is 33.3 Å². The maximum absolute atomic E-state index is 6.35. The molecule has 0 saturated carbocycles. The Morgan fingerprint density at radius 2 is 0.974 bits per heavy atom. The molecule has 0 amide bonds. The lowest BCUT2D eigenvalue weighted by Crippen LogP contribution is -2.10. The molecular formula is C36H25NO. The van der Waals surface area contributed by atoms with Gasteiger partial charge in [-0.05, 0) is 53.6 Å². The Morgan fingerprint density at radius 1 is 0.421 bits per heavy atom. The van der Waals surface area contributed by atoms with Gasteiger partial charge in [-0.15, -0.1) is 0 Å². The summed E-state index contributed by atoms with van der Waals surface area (Å²) in [5.74, 6) is 0. The minimum atomic E-state index is 0.915. The van der Waals surface area contributed by atoms with Crippen molar-refractivity contribution in [1.82, 2.24) is 0 Å². The normalized spacial score (nSPS) is 11.2. The number of hydrogen-bond donors (Lipinski definition) is 0. The fraction of sp³-hybridized carbons (Fsp3) is 0. The zero-order chi connectivity index (χ0) is 25.3. The molecule has 0 fully saturated rings. The summed E-state index contributed by atoms with van der Waals surface area (Å²) in [5, 5.41) is 2.29. The Hall–Kier alpha value is -5.08. The summed E-state index contributed by atoms with van der Waals surface area (Å²) in [6.07, 6.45) is 0. The van der Waals surface area contributed by atoms with Gasteiger partial charge in [-0.1, -0.05) is 109 Å². The van der Waals surface area contributed by atoms with E-state index >= 15 is 0 Å². The number of nitrogens with zero attached hydrogens (tertiary/aromatic N) is 1. The Kier molecular flexibility index (Phi) is 5.49. The highest BCUT2D eigenvalue weighted by Crippen LogP contribution is 2.42. The van der Waals surface area contributed by atoms with Gasteiger partial charge in [0.25, 0.3) is 0 Å². The van der Waals surface area contributed by atoms with E-state index in [9.17, 15) is 0 Å². The molecule has 0 N–H and O–H groups in total. The number of furan rings is 1. The lowest BCUT2D eigenvalue weighted by atomic mass is 9.96. The molecule has 0 atom stereocenters. The second-order valence-electron chi connectivity index (χ2n) is 9.38. The first-order chi connectivity index (χ1) is 18.9. The maximum atomic E-state index is 6.35. The van der Waals surface area contributed by atoms with Gasteiger partial charge in [0.1, 0.15) is 11.2 Å². The highest BCUT2D eigenvalue weighted by Gasteiger charge is 2.17. The third kappa shape index (κ3) is 3.84. The second kappa shape index (κ2) is 9.42. The van der Waals surface area contributed by atoms with Gasteiger partial charge in [0.15, 0.2) is 0 Å². The molecule has 0 spiro atoms. The third-order valence-corrected chi connectivity index (χ3v) is 7.06. The van der Waals surface area contributed by atoms with E-state index in [-0.39, 0.29) is 0 Å². The molecule has 38 heavy (non-hydrogen) atoms. The van der Waals surface area contributed by atoms with Crippen LogP contribution in [-0.4, -0.2) is 0 Å². The van der Waals surface area contributed by atoms with Crippen LogP contribution < -0.4 is 4.90 Å². The first kappa shape index (κ1) is 22.1. The first-order valence-electron chi connectivity index (χ1n) is 12.9. The van der Waals surface area contributed by atoms with Crippen molar-refractivity contribution in [2.45, 2.75) is 0 Å². The zero-order valence-corrected chi connectivity index (χ0v) is 20.8. The van der Waals surface area contributed by atoms with Crippen LogP contribution in [0.4, 0.5) is 17.1 Å². The molecule has 1 heterocycles. The van der Waals surface area contributed by atoms with E-state index in [1.165, 1.54) is 5.56 Å². The number of fused-ring (bicyclic) bond motifs is 3. The quantitative estimate of drug-likeness (QED) is 0.240. The van der Waals surface area contributed by atoms with E-state index in [2.05, 4.69) is 144 Å². The van der Waals surface area contributed by atoms with Gasteiger partial charge >= 0.3 is 0 Å². The summed E-state index contributed by atoms with van der Waals surface area (Å²) >= 11 is 0. The van der Waals surface area contributed by atoms with Gasteiger partial charge in [-0.25, -0.2) is 0 Å². The Bertz CT molecular complexity index is 1830. The Balaban J connectivity index is 1.40. The lowest BCUT2D eigenvalue weighted by Gasteiger charge is -2.27. The van der Waals surface area contributed by atoms with E-state index in [0.29, 0.717) is 0 Å². The van der Waals surface area contributed by atoms with Crippen molar-refractivity contribution < 1.29 is 4.42 Å². The summed E-state index contributed by atoms with van der Waals surface area (Å²) in [5.41, 5.74) is 9.76. The SMILES string of the molecule is c1ccc(N(c2ccccc2)c2ccccc2-c2cccc(-c3cccc4c3oc3ccccc34)c2)cc1. The van der Waals surface area contributed by atoms with Crippen molar-refractivity contribution in [3.63, 3.8) is 0 Å². The van der Waals surface area contributed by atoms with Gasteiger partial charge < -0.3 is 9.32 Å². The molecule has 7 rings (SSSR count). The van der Waals surface area contributed by atoms with Crippen LogP contribution in [0.1, 0.15) is 0 Å². The molecule has 1 aromatic heterocycles. The molecule has 2 nitrogen and oxygen atoms in total. The predicted molar refractivity (Wildman–Crippen MR) is 159 cm³/mol. The Labute approximate surface area is 222 Å². The molecule has 0 radical (unpaired) electrons. The minimum absolute atomic E-state index is 0.915. The predicted octanol–water partition coefficient (Wildman–Crippen LogP) is 10.4. The Morgan fingerprint density at radius 3 is 1.74 bits per heavy atom. The number of hydrogen-bond acceptors (Lipinski definition) is 2. The molecule has 2 heteroatoms.